The smallest absolute Gasteiger partial charge is 0.225 e. The highest BCUT2D eigenvalue weighted by molar-refractivity contribution is 5.85. The number of carbonyl (C=O) groups excluding carboxylic acids is 1. The summed E-state index contributed by atoms with van der Waals surface area (Å²) < 4.78 is 0. The predicted octanol–water partition coefficient (Wildman–Crippen LogP) is 2.30. The van der Waals surface area contributed by atoms with E-state index in [0.717, 1.165) is 37.4 Å². The largest absolute Gasteiger partial charge is 0.342 e. The SMILES string of the molecule is CNCCC1CCN(C(=O)C2CC2C2CC2)CC1.Cl. The predicted molar refractivity (Wildman–Crippen MR) is 79.4 cm³/mol. The molecule has 1 aliphatic heterocycles. The van der Waals surface area contributed by atoms with Gasteiger partial charge in [-0.2, -0.15) is 0 Å². The molecule has 2 unspecified atom stereocenters. The third-order valence-corrected chi connectivity index (χ3v) is 5.11. The van der Waals surface area contributed by atoms with Crippen LogP contribution >= 0.6 is 12.4 Å². The molecule has 19 heavy (non-hydrogen) atoms. The zero-order chi connectivity index (χ0) is 12.5. The maximum absolute atomic E-state index is 12.3. The van der Waals surface area contributed by atoms with Gasteiger partial charge in [-0.1, -0.05) is 0 Å². The van der Waals surface area contributed by atoms with Crippen LogP contribution in [0.5, 0.6) is 0 Å². The van der Waals surface area contributed by atoms with Crippen molar-refractivity contribution in [3.8, 4) is 0 Å². The van der Waals surface area contributed by atoms with Crippen molar-refractivity contribution < 1.29 is 4.79 Å². The summed E-state index contributed by atoms with van der Waals surface area (Å²) in [6.07, 6.45) is 7.68. The summed E-state index contributed by atoms with van der Waals surface area (Å²) in [7, 11) is 2.02. The molecule has 0 aromatic carbocycles. The first-order valence-electron chi connectivity index (χ1n) is 7.73. The topological polar surface area (TPSA) is 32.3 Å². The van der Waals surface area contributed by atoms with Crippen molar-refractivity contribution in [3.63, 3.8) is 0 Å². The van der Waals surface area contributed by atoms with Gasteiger partial charge in [0.1, 0.15) is 0 Å². The fourth-order valence-corrected chi connectivity index (χ4v) is 3.57. The molecule has 3 rings (SSSR count). The van der Waals surface area contributed by atoms with E-state index in [-0.39, 0.29) is 12.4 Å². The van der Waals surface area contributed by atoms with E-state index in [0.29, 0.717) is 11.8 Å². The van der Waals surface area contributed by atoms with E-state index in [2.05, 4.69) is 10.2 Å². The number of hydrogen-bond acceptors (Lipinski definition) is 2. The minimum Gasteiger partial charge on any atom is -0.342 e. The number of halogens is 1. The van der Waals surface area contributed by atoms with Crippen LogP contribution in [0.25, 0.3) is 0 Å². The second kappa shape index (κ2) is 6.45. The Kier molecular flexibility index (Phi) is 5.13. The van der Waals surface area contributed by atoms with Crippen molar-refractivity contribution in [3.05, 3.63) is 0 Å². The molecule has 2 atom stereocenters. The number of nitrogens with zero attached hydrogens (tertiary/aromatic N) is 1. The highest BCUT2D eigenvalue weighted by Crippen LogP contribution is 2.55. The van der Waals surface area contributed by atoms with Crippen LogP contribution in [-0.4, -0.2) is 37.5 Å². The maximum Gasteiger partial charge on any atom is 0.225 e. The summed E-state index contributed by atoms with van der Waals surface area (Å²) in [6.45, 7) is 3.15. The number of piperidine rings is 1. The molecule has 0 aromatic heterocycles. The Morgan fingerprint density at radius 1 is 1.21 bits per heavy atom. The van der Waals surface area contributed by atoms with Gasteiger partial charge in [-0.25, -0.2) is 0 Å². The average Bonchev–Trinajstić information content (AvgIpc) is 3.28. The van der Waals surface area contributed by atoms with Crippen LogP contribution in [0, 0.1) is 23.7 Å². The molecule has 3 fully saturated rings. The molecular weight excluding hydrogens is 260 g/mol. The van der Waals surface area contributed by atoms with E-state index < -0.39 is 0 Å². The number of carbonyl (C=O) groups is 1. The zero-order valence-corrected chi connectivity index (χ0v) is 12.8. The van der Waals surface area contributed by atoms with Crippen molar-refractivity contribution in [2.75, 3.05) is 26.7 Å². The first-order chi connectivity index (χ1) is 8.79. The Hall–Kier alpha value is -0.280. The van der Waals surface area contributed by atoms with Gasteiger partial charge in [-0.3, -0.25) is 4.79 Å². The molecule has 0 spiro atoms. The molecule has 3 aliphatic rings. The molecule has 2 saturated carbocycles. The molecule has 2 aliphatic carbocycles. The van der Waals surface area contributed by atoms with Crippen molar-refractivity contribution in [2.45, 2.75) is 38.5 Å². The zero-order valence-electron chi connectivity index (χ0n) is 11.9. The van der Waals surface area contributed by atoms with Gasteiger partial charge >= 0.3 is 0 Å². The summed E-state index contributed by atoms with van der Waals surface area (Å²) in [4.78, 5) is 14.5. The Balaban J connectivity index is 0.00000133. The van der Waals surface area contributed by atoms with Gasteiger partial charge in [0, 0.05) is 19.0 Å². The van der Waals surface area contributed by atoms with Gasteiger partial charge in [0.15, 0.2) is 0 Å². The number of hydrogen-bond donors (Lipinski definition) is 1. The molecule has 110 valence electrons. The number of amides is 1. The van der Waals surface area contributed by atoms with Gasteiger partial charge in [0.05, 0.1) is 0 Å². The summed E-state index contributed by atoms with van der Waals surface area (Å²) >= 11 is 0. The van der Waals surface area contributed by atoms with Gasteiger partial charge < -0.3 is 10.2 Å². The van der Waals surface area contributed by atoms with E-state index in [4.69, 9.17) is 0 Å². The van der Waals surface area contributed by atoms with Crippen LogP contribution in [0.4, 0.5) is 0 Å². The van der Waals surface area contributed by atoms with E-state index in [9.17, 15) is 4.79 Å². The Morgan fingerprint density at radius 2 is 1.89 bits per heavy atom. The summed E-state index contributed by atoms with van der Waals surface area (Å²) in [5, 5.41) is 3.22. The van der Waals surface area contributed by atoms with Gasteiger partial charge in [-0.15, -0.1) is 12.4 Å². The molecule has 1 N–H and O–H groups in total. The number of likely N-dealkylation sites (tertiary alicyclic amines) is 1. The number of nitrogens with one attached hydrogen (secondary N) is 1. The van der Waals surface area contributed by atoms with Crippen LogP contribution in [0.2, 0.25) is 0 Å². The lowest BCUT2D eigenvalue weighted by molar-refractivity contribution is -0.134. The lowest BCUT2D eigenvalue weighted by Gasteiger charge is -2.32. The van der Waals surface area contributed by atoms with Crippen molar-refractivity contribution in [1.29, 1.82) is 0 Å². The molecule has 1 heterocycles. The third kappa shape index (κ3) is 3.63. The van der Waals surface area contributed by atoms with Crippen LogP contribution in [-0.2, 0) is 4.79 Å². The normalized spacial score (nSPS) is 30.9. The van der Waals surface area contributed by atoms with Crippen molar-refractivity contribution >= 4 is 18.3 Å². The van der Waals surface area contributed by atoms with Crippen LogP contribution in [0.3, 0.4) is 0 Å². The first-order valence-corrected chi connectivity index (χ1v) is 7.73. The van der Waals surface area contributed by atoms with Crippen LogP contribution in [0.15, 0.2) is 0 Å². The first kappa shape index (κ1) is 15.1. The molecule has 0 radical (unpaired) electrons. The molecule has 0 bridgehead atoms. The Bertz CT molecular complexity index is 311. The molecule has 1 saturated heterocycles. The second-order valence-electron chi connectivity index (χ2n) is 6.50. The fourth-order valence-electron chi connectivity index (χ4n) is 3.57. The molecule has 4 heteroatoms. The summed E-state index contributed by atoms with van der Waals surface area (Å²) in [5.74, 6) is 3.44. The van der Waals surface area contributed by atoms with Crippen molar-refractivity contribution in [2.24, 2.45) is 23.7 Å². The van der Waals surface area contributed by atoms with Gasteiger partial charge in [0.2, 0.25) is 5.91 Å². The minimum absolute atomic E-state index is 0. The Labute approximate surface area is 122 Å². The minimum atomic E-state index is 0. The third-order valence-electron chi connectivity index (χ3n) is 5.11. The van der Waals surface area contributed by atoms with Gasteiger partial charge in [-0.05, 0) is 69.9 Å². The van der Waals surface area contributed by atoms with E-state index in [1.165, 1.54) is 38.5 Å². The lowest BCUT2D eigenvalue weighted by atomic mass is 9.93. The maximum atomic E-state index is 12.3. The number of rotatable bonds is 5. The summed E-state index contributed by atoms with van der Waals surface area (Å²) in [6, 6.07) is 0. The van der Waals surface area contributed by atoms with Crippen LogP contribution in [0.1, 0.15) is 38.5 Å². The summed E-state index contributed by atoms with van der Waals surface area (Å²) in [5.41, 5.74) is 0. The van der Waals surface area contributed by atoms with Gasteiger partial charge in [0.25, 0.3) is 0 Å². The lowest BCUT2D eigenvalue weighted by Crippen LogP contribution is -2.40. The van der Waals surface area contributed by atoms with E-state index >= 15 is 0 Å². The highest BCUT2D eigenvalue weighted by Gasteiger charge is 2.52. The highest BCUT2D eigenvalue weighted by atomic mass is 35.5. The molecule has 1 amide bonds. The van der Waals surface area contributed by atoms with Crippen LogP contribution < -0.4 is 5.32 Å². The second-order valence-corrected chi connectivity index (χ2v) is 6.50. The quantitative estimate of drug-likeness (QED) is 0.841. The fraction of sp³-hybridized carbons (Fsp3) is 0.933. The standard InChI is InChI=1S/C15H26N2O.ClH/c1-16-7-4-11-5-8-17(9-6-11)15(18)14-10-13(14)12-2-3-12;/h11-14,16H,2-10H2,1H3;1H. The van der Waals surface area contributed by atoms with E-state index in [1.54, 1.807) is 0 Å². The van der Waals surface area contributed by atoms with E-state index in [1.807, 2.05) is 7.05 Å². The average molecular weight is 287 g/mol. The van der Waals surface area contributed by atoms with Crippen molar-refractivity contribution in [1.82, 2.24) is 10.2 Å². The molecular formula is C15H27ClN2O. The Morgan fingerprint density at radius 3 is 2.47 bits per heavy atom. The monoisotopic (exact) mass is 286 g/mol. The molecule has 3 nitrogen and oxygen atoms in total. The molecule has 0 aromatic rings.